The fourth-order valence-corrected chi connectivity index (χ4v) is 4.60. The van der Waals surface area contributed by atoms with Gasteiger partial charge in [-0.1, -0.05) is 31.2 Å². The zero-order chi connectivity index (χ0) is 25.3. The number of carbonyl (C=O) groups is 2. The van der Waals surface area contributed by atoms with E-state index in [4.69, 9.17) is 12.2 Å². The second-order valence-corrected chi connectivity index (χ2v) is 8.58. The highest BCUT2D eigenvalue weighted by atomic mass is 32.1. The van der Waals surface area contributed by atoms with Crippen LogP contribution in [0.4, 0.5) is 11.4 Å². The molecule has 8 nitrogen and oxygen atoms in total. The maximum atomic E-state index is 13.5. The number of hydrogen-bond donors (Lipinski definition) is 0. The number of hydrogen-bond acceptors (Lipinski definition) is 5. The summed E-state index contributed by atoms with van der Waals surface area (Å²) in [6, 6.07) is 17.2. The van der Waals surface area contributed by atoms with Crippen molar-refractivity contribution in [2.75, 3.05) is 11.4 Å². The van der Waals surface area contributed by atoms with Crippen LogP contribution in [-0.2, 0) is 9.59 Å². The van der Waals surface area contributed by atoms with Crippen LogP contribution in [0.2, 0.25) is 0 Å². The van der Waals surface area contributed by atoms with Crippen molar-refractivity contribution < 1.29 is 14.5 Å². The average Bonchev–Trinajstić information content (AvgIpc) is 3.12. The molecule has 2 aromatic carbocycles. The molecule has 178 valence electrons. The average molecular weight is 489 g/mol. The van der Waals surface area contributed by atoms with Gasteiger partial charge in [-0.3, -0.25) is 29.5 Å². The summed E-state index contributed by atoms with van der Waals surface area (Å²) in [5.74, 6) is -0.923. The number of carbonyl (C=O) groups excluding carboxylic acids is 2. The summed E-state index contributed by atoms with van der Waals surface area (Å²) in [7, 11) is 0. The van der Waals surface area contributed by atoms with Crippen LogP contribution in [-0.4, -0.2) is 37.9 Å². The lowest BCUT2D eigenvalue weighted by molar-refractivity contribution is -0.384. The van der Waals surface area contributed by atoms with Gasteiger partial charge in [0.05, 0.1) is 16.3 Å². The molecule has 0 unspecified atom stereocenters. The SMILES string of the molecule is CCCN1C(=O)/C(=C\c2cc(C)n(-c3cccc([N+](=O)[O-])c3)c2C)C(=O)N(c2ccccc2)C1=S. The van der Waals surface area contributed by atoms with Crippen LogP contribution in [0.5, 0.6) is 0 Å². The van der Waals surface area contributed by atoms with Crippen LogP contribution in [0, 0.1) is 24.0 Å². The molecule has 0 aliphatic carbocycles. The van der Waals surface area contributed by atoms with Gasteiger partial charge in [0.25, 0.3) is 17.5 Å². The van der Waals surface area contributed by atoms with Crippen molar-refractivity contribution in [2.45, 2.75) is 27.2 Å². The lowest BCUT2D eigenvalue weighted by Crippen LogP contribution is -2.56. The molecule has 2 heterocycles. The van der Waals surface area contributed by atoms with Gasteiger partial charge in [-0.05, 0) is 68.4 Å². The van der Waals surface area contributed by atoms with Gasteiger partial charge in [0.1, 0.15) is 5.57 Å². The Labute approximate surface area is 208 Å². The van der Waals surface area contributed by atoms with Gasteiger partial charge in [0, 0.05) is 30.1 Å². The number of non-ortho nitro benzene ring substituents is 1. The normalized spacial score (nSPS) is 15.3. The largest absolute Gasteiger partial charge is 0.318 e. The van der Waals surface area contributed by atoms with Gasteiger partial charge in [-0.15, -0.1) is 0 Å². The smallest absolute Gasteiger partial charge is 0.271 e. The number of para-hydroxylation sites is 1. The summed E-state index contributed by atoms with van der Waals surface area (Å²) in [6.07, 6.45) is 2.26. The minimum atomic E-state index is -0.487. The Hall–Kier alpha value is -4.11. The number of amides is 2. The van der Waals surface area contributed by atoms with E-state index in [2.05, 4.69) is 0 Å². The highest BCUT2D eigenvalue weighted by Crippen LogP contribution is 2.29. The molecule has 0 N–H and O–H groups in total. The number of nitrogens with zero attached hydrogens (tertiary/aromatic N) is 4. The third-order valence-electron chi connectivity index (χ3n) is 5.86. The van der Waals surface area contributed by atoms with Crippen molar-refractivity contribution in [1.82, 2.24) is 9.47 Å². The number of aryl methyl sites for hydroxylation is 1. The Morgan fingerprint density at radius 1 is 0.971 bits per heavy atom. The van der Waals surface area contributed by atoms with Crippen LogP contribution < -0.4 is 4.90 Å². The van der Waals surface area contributed by atoms with Crippen molar-refractivity contribution in [1.29, 1.82) is 0 Å². The molecule has 1 saturated heterocycles. The van der Waals surface area contributed by atoms with Gasteiger partial charge in [0.2, 0.25) is 0 Å². The number of aromatic nitrogens is 1. The van der Waals surface area contributed by atoms with E-state index in [0.717, 1.165) is 11.4 Å². The monoisotopic (exact) mass is 488 g/mol. The van der Waals surface area contributed by atoms with E-state index < -0.39 is 16.7 Å². The van der Waals surface area contributed by atoms with Gasteiger partial charge >= 0.3 is 0 Å². The number of benzene rings is 2. The maximum Gasteiger partial charge on any atom is 0.271 e. The highest BCUT2D eigenvalue weighted by molar-refractivity contribution is 7.80. The molecule has 1 aromatic heterocycles. The zero-order valence-electron chi connectivity index (χ0n) is 19.6. The van der Waals surface area contributed by atoms with Gasteiger partial charge in [-0.25, -0.2) is 0 Å². The lowest BCUT2D eigenvalue weighted by atomic mass is 10.1. The first-order valence-electron chi connectivity index (χ1n) is 11.2. The number of rotatable bonds is 6. The quantitative estimate of drug-likeness (QED) is 0.161. The Morgan fingerprint density at radius 2 is 1.66 bits per heavy atom. The molecule has 0 spiro atoms. The van der Waals surface area contributed by atoms with Crippen molar-refractivity contribution >= 4 is 46.6 Å². The Bertz CT molecular complexity index is 1380. The van der Waals surface area contributed by atoms with Crippen molar-refractivity contribution in [3.8, 4) is 5.69 Å². The minimum Gasteiger partial charge on any atom is -0.318 e. The first kappa shape index (κ1) is 24.0. The summed E-state index contributed by atoms with van der Waals surface area (Å²) in [5.41, 5.74) is 3.43. The van der Waals surface area contributed by atoms with Gasteiger partial charge < -0.3 is 4.57 Å². The second-order valence-electron chi connectivity index (χ2n) is 8.21. The number of anilines is 1. The molecule has 1 aliphatic heterocycles. The summed E-state index contributed by atoms with van der Waals surface area (Å²) in [4.78, 5) is 40.5. The van der Waals surface area contributed by atoms with Crippen molar-refractivity contribution in [2.24, 2.45) is 0 Å². The summed E-state index contributed by atoms with van der Waals surface area (Å²) in [6.45, 7) is 6.04. The van der Waals surface area contributed by atoms with Gasteiger partial charge in [-0.2, -0.15) is 0 Å². The number of nitro groups is 1. The van der Waals surface area contributed by atoms with E-state index in [9.17, 15) is 19.7 Å². The molecular weight excluding hydrogens is 464 g/mol. The van der Waals surface area contributed by atoms with E-state index in [1.165, 1.54) is 21.9 Å². The Balaban J connectivity index is 1.82. The Kier molecular flexibility index (Phi) is 6.61. The molecule has 0 atom stereocenters. The fraction of sp³-hybridized carbons (Fsp3) is 0.192. The number of thiocarbonyl (C=S) groups is 1. The molecule has 1 aliphatic rings. The van der Waals surface area contributed by atoms with E-state index in [1.807, 2.05) is 49.6 Å². The molecule has 0 bridgehead atoms. The van der Waals surface area contributed by atoms with Crippen molar-refractivity contribution in [3.05, 3.63) is 93.3 Å². The first-order valence-corrected chi connectivity index (χ1v) is 11.6. The third-order valence-corrected chi connectivity index (χ3v) is 6.26. The lowest BCUT2D eigenvalue weighted by Gasteiger charge is -2.36. The molecule has 1 fully saturated rings. The molecule has 4 rings (SSSR count). The molecular formula is C26H24N4O4S. The van der Waals surface area contributed by atoms with Crippen LogP contribution in [0.1, 0.15) is 30.3 Å². The Morgan fingerprint density at radius 3 is 2.31 bits per heavy atom. The number of nitro benzene ring substituents is 1. The molecule has 2 amide bonds. The zero-order valence-corrected chi connectivity index (χ0v) is 20.4. The van der Waals surface area contributed by atoms with E-state index >= 15 is 0 Å². The molecule has 0 radical (unpaired) electrons. The van der Waals surface area contributed by atoms with Crippen LogP contribution >= 0.6 is 12.2 Å². The minimum absolute atomic E-state index is 0.00944. The second kappa shape index (κ2) is 9.63. The topological polar surface area (TPSA) is 88.7 Å². The maximum absolute atomic E-state index is 13.5. The third kappa shape index (κ3) is 4.38. The van der Waals surface area contributed by atoms with Crippen molar-refractivity contribution in [3.63, 3.8) is 0 Å². The molecule has 35 heavy (non-hydrogen) atoms. The van der Waals surface area contributed by atoms with Crippen LogP contribution in [0.3, 0.4) is 0 Å². The van der Waals surface area contributed by atoms with E-state index in [0.29, 0.717) is 29.9 Å². The standard InChI is InChI=1S/C26H24N4O4S/c1-4-13-27-24(31)23(25(32)29(26(27)35)20-9-6-5-7-10-20)15-19-14-17(2)28(18(19)3)21-11-8-12-22(16-21)30(33)34/h5-12,14-16H,4,13H2,1-3H3/b23-15+. The molecule has 3 aromatic rings. The van der Waals surface area contributed by atoms with Gasteiger partial charge in [0.15, 0.2) is 5.11 Å². The van der Waals surface area contributed by atoms with Crippen LogP contribution in [0.15, 0.2) is 66.2 Å². The summed E-state index contributed by atoms with van der Waals surface area (Å²) in [5, 5.41) is 11.4. The van der Waals surface area contributed by atoms with E-state index in [-0.39, 0.29) is 16.4 Å². The fourth-order valence-electron chi connectivity index (χ4n) is 4.23. The summed E-state index contributed by atoms with van der Waals surface area (Å²) < 4.78 is 1.86. The first-order chi connectivity index (χ1) is 16.7. The highest BCUT2D eigenvalue weighted by Gasteiger charge is 2.40. The molecule has 9 heteroatoms. The predicted molar refractivity (Wildman–Crippen MR) is 138 cm³/mol. The summed E-state index contributed by atoms with van der Waals surface area (Å²) >= 11 is 5.54. The van der Waals surface area contributed by atoms with E-state index in [1.54, 1.807) is 30.3 Å². The predicted octanol–water partition coefficient (Wildman–Crippen LogP) is 4.96. The van der Waals surface area contributed by atoms with Crippen LogP contribution in [0.25, 0.3) is 11.8 Å². The molecule has 0 saturated carbocycles.